The second-order valence-corrected chi connectivity index (χ2v) is 8.08. The van der Waals surface area contributed by atoms with Crippen molar-refractivity contribution in [1.82, 2.24) is 24.8 Å². The maximum absolute atomic E-state index is 6.11. The summed E-state index contributed by atoms with van der Waals surface area (Å²) < 4.78 is 2.79. The van der Waals surface area contributed by atoms with Crippen LogP contribution in [-0.4, -0.2) is 24.8 Å². The van der Waals surface area contributed by atoms with Crippen molar-refractivity contribution in [1.29, 1.82) is 0 Å². The van der Waals surface area contributed by atoms with Gasteiger partial charge >= 0.3 is 0 Å². The summed E-state index contributed by atoms with van der Waals surface area (Å²) in [6.07, 6.45) is 3.46. The molecule has 0 fully saturated rings. The quantitative estimate of drug-likeness (QED) is 0.383. The SMILES string of the molecule is Clc1ccc(-c2nnc(-c3cccnc3)n2Nc2nc3ccc(Cl)cc3s2)cc1. The molecule has 5 aromatic rings. The molecule has 0 aliphatic rings. The normalized spacial score (nSPS) is 11.1. The smallest absolute Gasteiger partial charge is 0.203 e. The average Bonchev–Trinajstić information content (AvgIpc) is 3.33. The third kappa shape index (κ3) is 3.55. The molecule has 5 rings (SSSR count). The number of aromatic nitrogens is 5. The second-order valence-electron chi connectivity index (χ2n) is 6.17. The third-order valence-electron chi connectivity index (χ3n) is 4.24. The van der Waals surface area contributed by atoms with E-state index in [4.69, 9.17) is 23.2 Å². The fraction of sp³-hybridized carbons (Fsp3) is 0. The van der Waals surface area contributed by atoms with Gasteiger partial charge in [-0.15, -0.1) is 10.2 Å². The highest BCUT2D eigenvalue weighted by molar-refractivity contribution is 7.22. The van der Waals surface area contributed by atoms with E-state index in [9.17, 15) is 0 Å². The van der Waals surface area contributed by atoms with Gasteiger partial charge in [0.15, 0.2) is 11.6 Å². The summed E-state index contributed by atoms with van der Waals surface area (Å²) in [6.45, 7) is 0. The van der Waals surface area contributed by atoms with Gasteiger partial charge < -0.3 is 0 Å². The van der Waals surface area contributed by atoms with Crippen molar-refractivity contribution in [2.75, 3.05) is 5.43 Å². The van der Waals surface area contributed by atoms with Crippen LogP contribution in [0.3, 0.4) is 0 Å². The molecule has 0 saturated carbocycles. The first-order valence-corrected chi connectivity index (χ1v) is 10.2. The number of thiazole rings is 1. The number of benzene rings is 2. The van der Waals surface area contributed by atoms with Gasteiger partial charge in [-0.2, -0.15) is 0 Å². The highest BCUT2D eigenvalue weighted by Gasteiger charge is 2.17. The van der Waals surface area contributed by atoms with Crippen LogP contribution in [-0.2, 0) is 0 Å². The van der Waals surface area contributed by atoms with Gasteiger partial charge in [0.25, 0.3) is 0 Å². The monoisotopic (exact) mass is 438 g/mol. The Hall–Kier alpha value is -3.00. The topological polar surface area (TPSA) is 68.5 Å². The van der Waals surface area contributed by atoms with Gasteiger partial charge in [0.05, 0.1) is 10.2 Å². The highest BCUT2D eigenvalue weighted by atomic mass is 35.5. The van der Waals surface area contributed by atoms with Crippen molar-refractivity contribution in [3.8, 4) is 22.8 Å². The van der Waals surface area contributed by atoms with Crippen LogP contribution < -0.4 is 5.43 Å². The lowest BCUT2D eigenvalue weighted by molar-refractivity contribution is 0.965. The minimum atomic E-state index is 0.625. The van der Waals surface area contributed by atoms with Crippen molar-refractivity contribution >= 4 is 49.9 Å². The van der Waals surface area contributed by atoms with E-state index >= 15 is 0 Å². The number of fused-ring (bicyclic) bond motifs is 1. The summed E-state index contributed by atoms with van der Waals surface area (Å²) in [7, 11) is 0. The van der Waals surface area contributed by atoms with Crippen LogP contribution in [0.2, 0.25) is 10.0 Å². The molecular formula is C20H12Cl2N6S. The first kappa shape index (κ1) is 18.1. The van der Waals surface area contributed by atoms with E-state index in [0.29, 0.717) is 26.8 Å². The van der Waals surface area contributed by atoms with E-state index in [1.807, 2.05) is 54.6 Å². The number of hydrogen-bond acceptors (Lipinski definition) is 6. The van der Waals surface area contributed by atoms with Crippen LogP contribution in [0.25, 0.3) is 33.0 Å². The summed E-state index contributed by atoms with van der Waals surface area (Å²) >= 11 is 13.7. The number of nitrogens with one attached hydrogen (secondary N) is 1. The number of halogens is 2. The predicted octanol–water partition coefficient (Wildman–Crippen LogP) is 5.80. The third-order valence-corrected chi connectivity index (χ3v) is 5.65. The lowest BCUT2D eigenvalue weighted by atomic mass is 10.2. The van der Waals surface area contributed by atoms with Gasteiger partial charge in [-0.05, 0) is 54.6 Å². The molecule has 0 spiro atoms. The molecule has 0 saturated heterocycles. The number of rotatable bonds is 4. The highest BCUT2D eigenvalue weighted by Crippen LogP contribution is 2.31. The van der Waals surface area contributed by atoms with Crippen LogP contribution in [0.4, 0.5) is 5.13 Å². The molecule has 29 heavy (non-hydrogen) atoms. The molecule has 9 heteroatoms. The van der Waals surface area contributed by atoms with Crippen LogP contribution in [0.5, 0.6) is 0 Å². The molecule has 0 atom stereocenters. The van der Waals surface area contributed by atoms with E-state index in [2.05, 4.69) is 25.6 Å². The minimum Gasteiger partial charge on any atom is -0.265 e. The van der Waals surface area contributed by atoms with Crippen molar-refractivity contribution in [3.63, 3.8) is 0 Å². The Morgan fingerprint density at radius 3 is 2.38 bits per heavy atom. The number of hydrogen-bond donors (Lipinski definition) is 1. The molecule has 0 radical (unpaired) electrons. The molecule has 0 bridgehead atoms. The largest absolute Gasteiger partial charge is 0.265 e. The zero-order chi connectivity index (χ0) is 19.8. The van der Waals surface area contributed by atoms with Gasteiger partial charge in [-0.25, -0.2) is 9.66 Å². The summed E-state index contributed by atoms with van der Waals surface area (Å²) in [5, 5.41) is 10.8. The molecule has 2 aromatic carbocycles. The molecule has 3 heterocycles. The zero-order valence-corrected chi connectivity index (χ0v) is 17.1. The Labute approximate surface area is 179 Å². The van der Waals surface area contributed by atoms with Crippen LogP contribution in [0, 0.1) is 0 Å². The fourth-order valence-corrected chi connectivity index (χ4v) is 4.16. The predicted molar refractivity (Wildman–Crippen MR) is 117 cm³/mol. The van der Waals surface area contributed by atoms with Gasteiger partial charge in [0, 0.05) is 33.6 Å². The Morgan fingerprint density at radius 2 is 1.62 bits per heavy atom. The van der Waals surface area contributed by atoms with Crippen molar-refractivity contribution in [2.45, 2.75) is 0 Å². The van der Waals surface area contributed by atoms with Gasteiger partial charge in [-0.1, -0.05) is 34.5 Å². The molecule has 3 aromatic heterocycles. The van der Waals surface area contributed by atoms with E-state index in [0.717, 1.165) is 21.3 Å². The number of pyridine rings is 1. The Bertz CT molecular complexity index is 1300. The number of nitrogens with zero attached hydrogens (tertiary/aromatic N) is 5. The van der Waals surface area contributed by atoms with Crippen LogP contribution in [0.1, 0.15) is 0 Å². The van der Waals surface area contributed by atoms with E-state index in [-0.39, 0.29) is 0 Å². The lowest BCUT2D eigenvalue weighted by Gasteiger charge is -2.11. The molecule has 0 unspecified atom stereocenters. The Kier molecular flexibility index (Phi) is 4.63. The molecule has 1 N–H and O–H groups in total. The number of anilines is 1. The zero-order valence-electron chi connectivity index (χ0n) is 14.8. The molecule has 0 aliphatic heterocycles. The van der Waals surface area contributed by atoms with Crippen LogP contribution >= 0.6 is 34.5 Å². The average molecular weight is 439 g/mol. The maximum Gasteiger partial charge on any atom is 0.203 e. The fourth-order valence-electron chi connectivity index (χ4n) is 2.90. The van der Waals surface area contributed by atoms with E-state index in [1.54, 1.807) is 17.1 Å². The second kappa shape index (κ2) is 7.44. The molecule has 0 aliphatic carbocycles. The summed E-state index contributed by atoms with van der Waals surface area (Å²) in [5.41, 5.74) is 5.90. The Balaban J connectivity index is 1.63. The lowest BCUT2D eigenvalue weighted by Crippen LogP contribution is -2.12. The minimum absolute atomic E-state index is 0.625. The van der Waals surface area contributed by atoms with Gasteiger partial charge in [0.2, 0.25) is 5.13 Å². The molecular weight excluding hydrogens is 427 g/mol. The van der Waals surface area contributed by atoms with Gasteiger partial charge in [0.1, 0.15) is 0 Å². The summed E-state index contributed by atoms with van der Waals surface area (Å²) in [6, 6.07) is 16.8. The van der Waals surface area contributed by atoms with Crippen LogP contribution in [0.15, 0.2) is 67.0 Å². The maximum atomic E-state index is 6.11. The van der Waals surface area contributed by atoms with Crippen molar-refractivity contribution < 1.29 is 0 Å². The van der Waals surface area contributed by atoms with E-state index in [1.165, 1.54) is 11.3 Å². The van der Waals surface area contributed by atoms with Gasteiger partial charge in [-0.3, -0.25) is 10.4 Å². The first-order valence-electron chi connectivity index (χ1n) is 8.62. The van der Waals surface area contributed by atoms with E-state index < -0.39 is 0 Å². The van der Waals surface area contributed by atoms with Crippen molar-refractivity contribution in [2.24, 2.45) is 0 Å². The molecule has 142 valence electrons. The summed E-state index contributed by atoms with van der Waals surface area (Å²) in [4.78, 5) is 8.84. The first-order chi connectivity index (χ1) is 14.2. The summed E-state index contributed by atoms with van der Waals surface area (Å²) in [5.74, 6) is 1.26. The van der Waals surface area contributed by atoms with Crippen molar-refractivity contribution in [3.05, 3.63) is 77.0 Å². The molecule has 6 nitrogen and oxygen atoms in total. The molecule has 0 amide bonds. The Morgan fingerprint density at radius 1 is 0.862 bits per heavy atom. The standard InChI is InChI=1S/C20H12Cl2N6S/c21-14-5-3-12(4-6-14)18-25-26-19(13-2-1-9-23-11-13)28(18)27-20-24-16-8-7-15(22)10-17(16)29-20/h1-11H,(H,24,27).